The lowest BCUT2D eigenvalue weighted by Crippen LogP contribution is -2.18. The number of hydrogen-bond acceptors (Lipinski definition) is 2. The van der Waals surface area contributed by atoms with Gasteiger partial charge in [-0.3, -0.25) is 9.89 Å². The summed E-state index contributed by atoms with van der Waals surface area (Å²) >= 11 is 0. The van der Waals surface area contributed by atoms with Gasteiger partial charge in [0.2, 0.25) is 0 Å². The smallest absolute Gasteiger partial charge is 0.311 e. The maximum atomic E-state index is 13.9. The number of benzene rings is 1. The third kappa shape index (κ3) is 2.00. The van der Waals surface area contributed by atoms with Crippen LogP contribution >= 0.6 is 0 Å². The highest BCUT2D eigenvalue weighted by Gasteiger charge is 2.26. The van der Waals surface area contributed by atoms with Gasteiger partial charge in [0.1, 0.15) is 5.82 Å². The normalized spacial score (nSPS) is 13.2. The molecule has 0 bridgehead atoms. The van der Waals surface area contributed by atoms with Crippen molar-refractivity contribution < 1.29 is 14.3 Å². The van der Waals surface area contributed by atoms with Gasteiger partial charge in [0.05, 0.1) is 17.6 Å². The van der Waals surface area contributed by atoms with Gasteiger partial charge in [-0.25, -0.2) is 4.39 Å². The fourth-order valence-corrected chi connectivity index (χ4v) is 2.00. The first-order chi connectivity index (χ1) is 8.00. The van der Waals surface area contributed by atoms with E-state index in [9.17, 15) is 9.18 Å². The quantitative estimate of drug-likeness (QED) is 0.860. The Bertz CT molecular complexity index is 563. The summed E-state index contributed by atoms with van der Waals surface area (Å²) in [5, 5.41) is 16.3. The molecule has 5 heteroatoms. The Morgan fingerprint density at radius 3 is 2.76 bits per heavy atom. The second-order valence-electron chi connectivity index (χ2n) is 4.39. The number of aliphatic carboxylic acids is 1. The van der Waals surface area contributed by atoms with Gasteiger partial charge in [-0.05, 0) is 18.1 Å². The lowest BCUT2D eigenvalue weighted by Gasteiger charge is -2.17. The summed E-state index contributed by atoms with van der Waals surface area (Å²) < 4.78 is 13.9. The topological polar surface area (TPSA) is 66.0 Å². The molecule has 0 fully saturated rings. The third-order valence-electron chi connectivity index (χ3n) is 2.83. The minimum atomic E-state index is -1.01. The number of aromatic nitrogens is 2. The zero-order valence-electron chi connectivity index (χ0n) is 9.57. The van der Waals surface area contributed by atoms with Crippen LogP contribution in [0.1, 0.15) is 25.3 Å². The van der Waals surface area contributed by atoms with Crippen LogP contribution in [0.5, 0.6) is 0 Å². The molecule has 0 radical (unpaired) electrons. The van der Waals surface area contributed by atoms with E-state index in [0.717, 1.165) is 0 Å². The van der Waals surface area contributed by atoms with Crippen molar-refractivity contribution in [3.63, 3.8) is 0 Å². The van der Waals surface area contributed by atoms with E-state index < -0.39 is 17.7 Å². The highest BCUT2D eigenvalue weighted by atomic mass is 19.1. The number of hydrogen-bond donors (Lipinski definition) is 2. The van der Waals surface area contributed by atoms with Gasteiger partial charge in [-0.15, -0.1) is 0 Å². The minimum absolute atomic E-state index is 0.175. The first-order valence-electron chi connectivity index (χ1n) is 5.36. The number of H-pyrrole nitrogens is 1. The molecule has 1 heterocycles. The molecule has 1 atom stereocenters. The van der Waals surface area contributed by atoms with Gasteiger partial charge < -0.3 is 5.11 Å². The fourth-order valence-electron chi connectivity index (χ4n) is 2.00. The molecular formula is C12H13FN2O2. The zero-order chi connectivity index (χ0) is 12.6. The van der Waals surface area contributed by atoms with Crippen LogP contribution in [0.2, 0.25) is 0 Å². The van der Waals surface area contributed by atoms with Gasteiger partial charge in [-0.2, -0.15) is 5.10 Å². The molecular weight excluding hydrogens is 223 g/mol. The van der Waals surface area contributed by atoms with Gasteiger partial charge in [0.25, 0.3) is 0 Å². The molecule has 0 spiro atoms. The largest absolute Gasteiger partial charge is 0.481 e. The van der Waals surface area contributed by atoms with E-state index in [1.54, 1.807) is 26.1 Å². The van der Waals surface area contributed by atoms with Crippen LogP contribution < -0.4 is 0 Å². The van der Waals surface area contributed by atoms with Crippen LogP contribution in [0, 0.1) is 11.7 Å². The zero-order valence-corrected chi connectivity index (χ0v) is 9.57. The van der Waals surface area contributed by atoms with Crippen LogP contribution in [0.25, 0.3) is 10.9 Å². The number of aromatic amines is 1. The van der Waals surface area contributed by atoms with Crippen LogP contribution in [-0.4, -0.2) is 21.3 Å². The molecule has 0 saturated heterocycles. The van der Waals surface area contributed by atoms with Gasteiger partial charge in [0.15, 0.2) is 0 Å². The van der Waals surface area contributed by atoms with Crippen molar-refractivity contribution in [1.82, 2.24) is 10.2 Å². The molecule has 2 aromatic rings. The van der Waals surface area contributed by atoms with Gasteiger partial charge in [0, 0.05) is 10.9 Å². The number of halogens is 1. The molecule has 17 heavy (non-hydrogen) atoms. The van der Waals surface area contributed by atoms with E-state index >= 15 is 0 Å². The second-order valence-corrected chi connectivity index (χ2v) is 4.39. The molecule has 2 N–H and O–H groups in total. The monoisotopic (exact) mass is 236 g/mol. The van der Waals surface area contributed by atoms with Crippen LogP contribution in [0.4, 0.5) is 4.39 Å². The highest BCUT2D eigenvalue weighted by molar-refractivity contribution is 5.82. The minimum Gasteiger partial charge on any atom is -0.481 e. The van der Waals surface area contributed by atoms with E-state index in [0.29, 0.717) is 10.9 Å². The Morgan fingerprint density at radius 2 is 2.18 bits per heavy atom. The lowest BCUT2D eigenvalue weighted by molar-refractivity contribution is -0.139. The molecule has 4 nitrogen and oxygen atoms in total. The Kier molecular flexibility index (Phi) is 2.83. The second kappa shape index (κ2) is 4.16. The van der Waals surface area contributed by atoms with Crippen molar-refractivity contribution >= 4 is 16.9 Å². The average molecular weight is 236 g/mol. The van der Waals surface area contributed by atoms with Crippen LogP contribution in [0.3, 0.4) is 0 Å². The van der Waals surface area contributed by atoms with Crippen molar-refractivity contribution in [3.05, 3.63) is 29.7 Å². The van der Waals surface area contributed by atoms with Crippen LogP contribution in [-0.2, 0) is 4.79 Å². The van der Waals surface area contributed by atoms with Crippen molar-refractivity contribution in [3.8, 4) is 0 Å². The fraction of sp³-hybridized carbons (Fsp3) is 0.333. The Balaban J connectivity index is 2.59. The summed E-state index contributed by atoms with van der Waals surface area (Å²) in [6, 6.07) is 2.84. The van der Waals surface area contributed by atoms with Crippen molar-refractivity contribution in [2.24, 2.45) is 5.92 Å². The van der Waals surface area contributed by atoms with E-state index in [-0.39, 0.29) is 11.5 Å². The predicted molar refractivity (Wildman–Crippen MR) is 61.3 cm³/mol. The van der Waals surface area contributed by atoms with E-state index in [1.807, 2.05) is 0 Å². The summed E-state index contributed by atoms with van der Waals surface area (Å²) in [4.78, 5) is 11.2. The number of rotatable bonds is 3. The maximum Gasteiger partial charge on any atom is 0.311 e. The number of fused-ring (bicyclic) bond motifs is 1. The number of nitrogens with one attached hydrogen (secondary N) is 1. The standard InChI is InChI=1S/C12H13FN2O2/c1-6(2)11(12(16)17)8-3-7-5-14-15-10(7)4-9(8)13/h3-6,11H,1-2H3,(H,14,15)(H,16,17). The van der Waals surface area contributed by atoms with Crippen molar-refractivity contribution in [1.29, 1.82) is 0 Å². The molecule has 1 unspecified atom stereocenters. The lowest BCUT2D eigenvalue weighted by atomic mass is 9.87. The average Bonchev–Trinajstić information content (AvgIpc) is 2.64. The van der Waals surface area contributed by atoms with Crippen molar-refractivity contribution in [2.45, 2.75) is 19.8 Å². The van der Waals surface area contributed by atoms with E-state index in [1.165, 1.54) is 6.07 Å². The molecule has 0 aliphatic carbocycles. The summed E-state index contributed by atoms with van der Waals surface area (Å²) in [7, 11) is 0. The first kappa shape index (κ1) is 11.6. The molecule has 0 aliphatic heterocycles. The molecule has 0 saturated carbocycles. The van der Waals surface area contributed by atoms with Gasteiger partial charge >= 0.3 is 5.97 Å². The number of carbonyl (C=O) groups is 1. The first-order valence-corrected chi connectivity index (χ1v) is 5.36. The summed E-state index contributed by atoms with van der Waals surface area (Å²) in [5.41, 5.74) is 0.778. The number of nitrogens with zero attached hydrogens (tertiary/aromatic N) is 1. The summed E-state index contributed by atoms with van der Waals surface area (Å²) in [6.07, 6.45) is 1.55. The Hall–Kier alpha value is -1.91. The molecule has 1 aromatic heterocycles. The molecule has 2 rings (SSSR count). The molecule has 1 aromatic carbocycles. The van der Waals surface area contributed by atoms with Crippen LogP contribution in [0.15, 0.2) is 18.3 Å². The SMILES string of the molecule is CC(C)C(C(=O)O)c1cc2cn[nH]c2cc1F. The molecule has 90 valence electrons. The van der Waals surface area contributed by atoms with Crippen molar-refractivity contribution in [2.75, 3.05) is 0 Å². The summed E-state index contributed by atoms with van der Waals surface area (Å²) in [6.45, 7) is 3.52. The van der Waals surface area contributed by atoms with E-state index in [4.69, 9.17) is 5.11 Å². The predicted octanol–water partition coefficient (Wildman–Crippen LogP) is 2.53. The van der Waals surface area contributed by atoms with E-state index in [2.05, 4.69) is 10.2 Å². The number of carboxylic acid groups (broad SMARTS) is 1. The Labute approximate surface area is 97.5 Å². The highest BCUT2D eigenvalue weighted by Crippen LogP contribution is 2.29. The van der Waals surface area contributed by atoms with Gasteiger partial charge in [-0.1, -0.05) is 13.8 Å². The summed E-state index contributed by atoms with van der Waals surface area (Å²) in [5.74, 6) is -2.54. The number of carboxylic acids is 1. The third-order valence-corrected chi connectivity index (χ3v) is 2.83. The Morgan fingerprint density at radius 1 is 1.47 bits per heavy atom. The molecule has 0 aliphatic rings. The maximum absolute atomic E-state index is 13.9. The molecule has 0 amide bonds.